The summed E-state index contributed by atoms with van der Waals surface area (Å²) in [6, 6.07) is 0. The molecule has 1 N–H and O–H groups in total. The van der Waals surface area contributed by atoms with Gasteiger partial charge in [0.25, 0.3) is 0 Å². The zero-order chi connectivity index (χ0) is 13.8. The van der Waals surface area contributed by atoms with Gasteiger partial charge in [-0.15, -0.1) is 0 Å². The molecule has 102 valence electrons. The van der Waals surface area contributed by atoms with Gasteiger partial charge in [-0.3, -0.25) is 0 Å². The standard InChI is InChI=1S/C13H20O4S/c1-3-5-7-12(14)17-11(13(15)16)8-10-18-9-6-4-2/h3,5,7,11H,1,4,6,8-10H2,2H3,(H,15,16). The first-order valence-corrected chi connectivity index (χ1v) is 7.07. The van der Waals surface area contributed by atoms with Crippen LogP contribution in [0.25, 0.3) is 0 Å². The molecule has 0 spiro atoms. The highest BCUT2D eigenvalue weighted by molar-refractivity contribution is 7.99. The molecule has 0 amide bonds. The minimum atomic E-state index is -1.11. The Balaban J connectivity index is 3.99. The van der Waals surface area contributed by atoms with Gasteiger partial charge in [-0.25, -0.2) is 9.59 Å². The van der Waals surface area contributed by atoms with Crippen LogP contribution in [-0.4, -0.2) is 34.7 Å². The SMILES string of the molecule is C=CC=CC(=O)OC(CCSCCCC)C(=O)O. The Kier molecular flexibility index (Phi) is 10.2. The van der Waals surface area contributed by atoms with E-state index in [2.05, 4.69) is 13.5 Å². The van der Waals surface area contributed by atoms with Crippen LogP contribution in [0.3, 0.4) is 0 Å². The van der Waals surface area contributed by atoms with Crippen LogP contribution < -0.4 is 0 Å². The number of hydrogen-bond donors (Lipinski definition) is 1. The Labute approximate surface area is 112 Å². The molecule has 0 heterocycles. The Morgan fingerprint density at radius 2 is 2.17 bits per heavy atom. The third-order valence-electron chi connectivity index (χ3n) is 2.07. The van der Waals surface area contributed by atoms with E-state index in [1.165, 1.54) is 12.2 Å². The number of allylic oxidation sites excluding steroid dienone is 2. The average molecular weight is 272 g/mol. The lowest BCUT2D eigenvalue weighted by molar-refractivity contribution is -0.160. The minimum Gasteiger partial charge on any atom is -0.479 e. The molecule has 0 fully saturated rings. The Hall–Kier alpha value is -1.23. The van der Waals surface area contributed by atoms with E-state index in [4.69, 9.17) is 9.84 Å². The maximum Gasteiger partial charge on any atom is 0.345 e. The summed E-state index contributed by atoms with van der Waals surface area (Å²) in [5.74, 6) is -0.0740. The third kappa shape index (κ3) is 8.87. The van der Waals surface area contributed by atoms with Crippen molar-refractivity contribution in [3.8, 4) is 0 Å². The molecule has 0 aliphatic heterocycles. The van der Waals surface area contributed by atoms with E-state index in [1.54, 1.807) is 11.8 Å². The molecule has 0 aliphatic carbocycles. The van der Waals surface area contributed by atoms with Crippen molar-refractivity contribution in [3.63, 3.8) is 0 Å². The lowest BCUT2D eigenvalue weighted by atomic mass is 10.3. The van der Waals surface area contributed by atoms with Gasteiger partial charge in [-0.1, -0.05) is 32.1 Å². The van der Waals surface area contributed by atoms with Crippen LogP contribution in [0.2, 0.25) is 0 Å². The van der Waals surface area contributed by atoms with Crippen LogP contribution in [0.1, 0.15) is 26.2 Å². The molecule has 0 saturated heterocycles. The van der Waals surface area contributed by atoms with Crippen molar-refractivity contribution in [2.24, 2.45) is 0 Å². The van der Waals surface area contributed by atoms with Crippen LogP contribution in [0.4, 0.5) is 0 Å². The molecular formula is C13H20O4S. The fraction of sp³-hybridized carbons (Fsp3) is 0.538. The summed E-state index contributed by atoms with van der Waals surface area (Å²) in [6.07, 6.45) is 5.50. The summed E-state index contributed by atoms with van der Waals surface area (Å²) in [4.78, 5) is 22.1. The summed E-state index contributed by atoms with van der Waals surface area (Å²) in [5, 5.41) is 8.92. The highest BCUT2D eigenvalue weighted by Crippen LogP contribution is 2.10. The van der Waals surface area contributed by atoms with E-state index in [-0.39, 0.29) is 0 Å². The largest absolute Gasteiger partial charge is 0.479 e. The lowest BCUT2D eigenvalue weighted by Crippen LogP contribution is -2.27. The highest BCUT2D eigenvalue weighted by Gasteiger charge is 2.20. The van der Waals surface area contributed by atoms with Crippen LogP contribution in [0, 0.1) is 0 Å². The smallest absolute Gasteiger partial charge is 0.345 e. The van der Waals surface area contributed by atoms with E-state index in [1.807, 2.05) is 0 Å². The van der Waals surface area contributed by atoms with E-state index in [0.717, 1.165) is 24.7 Å². The number of esters is 1. The van der Waals surface area contributed by atoms with Crippen molar-refractivity contribution in [3.05, 3.63) is 24.8 Å². The zero-order valence-corrected chi connectivity index (χ0v) is 11.4. The van der Waals surface area contributed by atoms with Crippen molar-refractivity contribution in [2.45, 2.75) is 32.3 Å². The van der Waals surface area contributed by atoms with Crippen molar-refractivity contribution >= 4 is 23.7 Å². The van der Waals surface area contributed by atoms with Gasteiger partial charge < -0.3 is 9.84 Å². The fourth-order valence-corrected chi connectivity index (χ4v) is 2.18. The van der Waals surface area contributed by atoms with E-state index in [0.29, 0.717) is 12.2 Å². The van der Waals surface area contributed by atoms with Gasteiger partial charge in [0.2, 0.25) is 0 Å². The predicted molar refractivity (Wildman–Crippen MR) is 73.7 cm³/mol. The van der Waals surface area contributed by atoms with Gasteiger partial charge in [-0.2, -0.15) is 11.8 Å². The number of hydrogen-bond acceptors (Lipinski definition) is 4. The first-order chi connectivity index (χ1) is 8.61. The first-order valence-electron chi connectivity index (χ1n) is 5.92. The van der Waals surface area contributed by atoms with Crippen molar-refractivity contribution in [2.75, 3.05) is 11.5 Å². The predicted octanol–water partition coefficient (Wildman–Crippen LogP) is 2.65. The molecule has 1 atom stereocenters. The molecular weight excluding hydrogens is 252 g/mol. The summed E-state index contributed by atoms with van der Waals surface area (Å²) >= 11 is 1.68. The summed E-state index contributed by atoms with van der Waals surface area (Å²) < 4.78 is 4.83. The van der Waals surface area contributed by atoms with Gasteiger partial charge >= 0.3 is 11.9 Å². The van der Waals surface area contributed by atoms with Gasteiger partial charge in [0, 0.05) is 12.5 Å². The average Bonchev–Trinajstić information content (AvgIpc) is 2.34. The number of ether oxygens (including phenoxy) is 1. The molecule has 18 heavy (non-hydrogen) atoms. The van der Waals surface area contributed by atoms with Crippen LogP contribution in [0.15, 0.2) is 24.8 Å². The molecule has 0 bridgehead atoms. The molecule has 0 saturated carbocycles. The van der Waals surface area contributed by atoms with E-state index >= 15 is 0 Å². The molecule has 0 aromatic rings. The van der Waals surface area contributed by atoms with Crippen molar-refractivity contribution in [1.29, 1.82) is 0 Å². The zero-order valence-electron chi connectivity index (χ0n) is 10.6. The second-order valence-electron chi connectivity index (χ2n) is 3.61. The van der Waals surface area contributed by atoms with Crippen molar-refractivity contribution in [1.82, 2.24) is 0 Å². The topological polar surface area (TPSA) is 63.6 Å². The van der Waals surface area contributed by atoms with Crippen LogP contribution in [0.5, 0.6) is 0 Å². The lowest BCUT2D eigenvalue weighted by Gasteiger charge is -2.12. The molecule has 5 heteroatoms. The van der Waals surface area contributed by atoms with E-state index < -0.39 is 18.0 Å². The normalized spacial score (nSPS) is 12.3. The van der Waals surface area contributed by atoms with Crippen LogP contribution in [-0.2, 0) is 14.3 Å². The minimum absolute atomic E-state index is 0.331. The van der Waals surface area contributed by atoms with Gasteiger partial charge in [0.1, 0.15) is 0 Å². The third-order valence-corrected chi connectivity index (χ3v) is 3.17. The molecule has 4 nitrogen and oxygen atoms in total. The summed E-state index contributed by atoms with van der Waals surface area (Å²) in [5.41, 5.74) is 0. The quantitative estimate of drug-likeness (QED) is 0.287. The van der Waals surface area contributed by atoms with Crippen molar-refractivity contribution < 1.29 is 19.4 Å². The number of thioether (sulfide) groups is 1. The molecule has 1 unspecified atom stereocenters. The number of rotatable bonds is 10. The Morgan fingerprint density at radius 3 is 2.72 bits per heavy atom. The number of carbonyl (C=O) groups excluding carboxylic acids is 1. The molecule has 0 aromatic heterocycles. The monoisotopic (exact) mass is 272 g/mol. The first kappa shape index (κ1) is 16.8. The summed E-state index contributed by atoms with van der Waals surface area (Å²) in [7, 11) is 0. The molecule has 0 aliphatic rings. The number of carboxylic acid groups (broad SMARTS) is 1. The van der Waals surface area contributed by atoms with Gasteiger partial charge in [0.05, 0.1) is 0 Å². The molecule has 0 aromatic carbocycles. The molecule has 0 rings (SSSR count). The molecule has 0 radical (unpaired) electrons. The Bertz CT molecular complexity index is 299. The van der Waals surface area contributed by atoms with Gasteiger partial charge in [-0.05, 0) is 17.9 Å². The highest BCUT2D eigenvalue weighted by atomic mass is 32.2. The van der Waals surface area contributed by atoms with Gasteiger partial charge in [0.15, 0.2) is 6.10 Å². The number of aliphatic carboxylic acids is 1. The number of unbranched alkanes of at least 4 members (excludes halogenated alkanes) is 1. The Morgan fingerprint density at radius 1 is 1.44 bits per heavy atom. The summed E-state index contributed by atoms with van der Waals surface area (Å²) in [6.45, 7) is 5.52. The number of carboxylic acids is 1. The number of carbonyl (C=O) groups is 2. The maximum atomic E-state index is 11.2. The van der Waals surface area contributed by atoms with Crippen LogP contribution >= 0.6 is 11.8 Å². The second-order valence-corrected chi connectivity index (χ2v) is 4.84. The fourth-order valence-electron chi connectivity index (χ4n) is 1.10. The second kappa shape index (κ2) is 10.9. The van der Waals surface area contributed by atoms with E-state index in [9.17, 15) is 9.59 Å². The maximum absolute atomic E-state index is 11.2.